The van der Waals surface area contributed by atoms with Crippen LogP contribution in [0.4, 0.5) is 0 Å². The minimum Gasteiger partial charge on any atom is -0.353 e. The van der Waals surface area contributed by atoms with Gasteiger partial charge in [-0.1, -0.05) is 25.5 Å². The third-order valence-corrected chi connectivity index (χ3v) is 6.42. The van der Waals surface area contributed by atoms with Crippen molar-refractivity contribution in [2.45, 2.75) is 85.2 Å². The molecule has 3 rings (SSSR count). The number of nitrogens with one attached hydrogen (secondary N) is 2. The van der Waals surface area contributed by atoms with Gasteiger partial charge in [-0.2, -0.15) is 5.10 Å². The van der Waals surface area contributed by atoms with Gasteiger partial charge in [0.1, 0.15) is 0 Å². The highest BCUT2D eigenvalue weighted by atomic mass is 16.2. The van der Waals surface area contributed by atoms with Gasteiger partial charge in [-0.25, -0.2) is 0 Å². The van der Waals surface area contributed by atoms with Gasteiger partial charge in [-0.15, -0.1) is 0 Å². The van der Waals surface area contributed by atoms with Gasteiger partial charge in [-0.3, -0.25) is 19.2 Å². The molecular formula is C25H41N5O2. The number of fused-ring (bicyclic) bond motifs is 1. The Kier molecular flexibility index (Phi) is 8.91. The summed E-state index contributed by atoms with van der Waals surface area (Å²) in [5, 5.41) is 11.1. The average Bonchev–Trinajstić information content (AvgIpc) is 3.10. The van der Waals surface area contributed by atoms with Crippen molar-refractivity contribution in [3.63, 3.8) is 0 Å². The molecule has 1 unspecified atom stereocenters. The summed E-state index contributed by atoms with van der Waals surface area (Å²) < 4.78 is 2.05. The maximum atomic E-state index is 13.0. The molecule has 0 saturated heterocycles. The van der Waals surface area contributed by atoms with Gasteiger partial charge in [0.05, 0.1) is 0 Å². The van der Waals surface area contributed by atoms with Crippen molar-refractivity contribution < 1.29 is 9.59 Å². The van der Waals surface area contributed by atoms with Crippen LogP contribution in [0.25, 0.3) is 0 Å². The van der Waals surface area contributed by atoms with Gasteiger partial charge in [0, 0.05) is 49.9 Å². The van der Waals surface area contributed by atoms with Crippen LogP contribution < -0.4 is 10.6 Å². The summed E-state index contributed by atoms with van der Waals surface area (Å²) in [7, 11) is 0. The molecule has 32 heavy (non-hydrogen) atoms. The average molecular weight is 444 g/mol. The van der Waals surface area contributed by atoms with E-state index in [0.717, 1.165) is 63.8 Å². The van der Waals surface area contributed by atoms with Crippen LogP contribution in [0, 0.1) is 5.92 Å². The summed E-state index contributed by atoms with van der Waals surface area (Å²) in [6, 6.07) is 0.0798. The highest BCUT2D eigenvalue weighted by Gasteiger charge is 2.30. The number of aryl methyl sites for hydroxylation is 1. The number of aromatic nitrogens is 2. The molecule has 1 aromatic heterocycles. The van der Waals surface area contributed by atoms with Gasteiger partial charge in [0.15, 0.2) is 5.69 Å². The van der Waals surface area contributed by atoms with E-state index < -0.39 is 0 Å². The minimum atomic E-state index is -0.0813. The van der Waals surface area contributed by atoms with Gasteiger partial charge >= 0.3 is 0 Å². The van der Waals surface area contributed by atoms with Crippen molar-refractivity contribution in [2.75, 3.05) is 26.2 Å². The van der Waals surface area contributed by atoms with Crippen molar-refractivity contribution in [3.05, 3.63) is 28.6 Å². The van der Waals surface area contributed by atoms with E-state index >= 15 is 0 Å². The molecule has 2 N–H and O–H groups in total. The van der Waals surface area contributed by atoms with Crippen LogP contribution in [0.1, 0.15) is 81.5 Å². The molecule has 0 radical (unpaired) electrons. The zero-order valence-electron chi connectivity index (χ0n) is 20.4. The SMILES string of the molecule is CC(C)=CCN1CCCNC(=O)c2nn(CCC(C)C)c3c2CC(CC3)NC(=O)CCC1. The zero-order valence-corrected chi connectivity index (χ0v) is 20.4. The topological polar surface area (TPSA) is 79.3 Å². The smallest absolute Gasteiger partial charge is 0.272 e. The van der Waals surface area contributed by atoms with E-state index in [4.69, 9.17) is 5.10 Å². The molecular weight excluding hydrogens is 402 g/mol. The van der Waals surface area contributed by atoms with Crippen molar-refractivity contribution in [1.29, 1.82) is 0 Å². The number of carbonyl (C=O) groups excluding carboxylic acids is 2. The Morgan fingerprint density at radius 3 is 2.72 bits per heavy atom. The Balaban J connectivity index is 1.77. The van der Waals surface area contributed by atoms with Gasteiger partial charge in [0.2, 0.25) is 5.91 Å². The molecule has 1 atom stereocenters. The second-order valence-corrected chi connectivity index (χ2v) is 9.98. The molecule has 0 saturated carbocycles. The Labute approximate surface area is 193 Å². The number of amides is 2. The van der Waals surface area contributed by atoms with Crippen molar-refractivity contribution in [1.82, 2.24) is 25.3 Å². The summed E-state index contributed by atoms with van der Waals surface area (Å²) in [6.07, 6.45) is 8.00. The van der Waals surface area contributed by atoms with Crippen LogP contribution in [-0.2, 0) is 24.2 Å². The number of rotatable bonds is 5. The highest BCUT2D eigenvalue weighted by Crippen LogP contribution is 2.26. The van der Waals surface area contributed by atoms with Gasteiger partial charge in [-0.05, 0) is 64.8 Å². The summed E-state index contributed by atoms with van der Waals surface area (Å²) in [4.78, 5) is 28.0. The van der Waals surface area contributed by atoms with E-state index in [1.807, 2.05) is 4.68 Å². The predicted octanol–water partition coefficient (Wildman–Crippen LogP) is 3.08. The first-order valence-corrected chi connectivity index (χ1v) is 12.3. The number of hydrogen-bond acceptors (Lipinski definition) is 4. The lowest BCUT2D eigenvalue weighted by atomic mass is 9.91. The molecule has 0 spiro atoms. The minimum absolute atomic E-state index is 0.0798. The Hall–Kier alpha value is -2.15. The van der Waals surface area contributed by atoms with Crippen LogP contribution in [-0.4, -0.2) is 58.7 Å². The fourth-order valence-electron chi connectivity index (χ4n) is 4.52. The number of carbonyl (C=O) groups is 2. The molecule has 2 heterocycles. The number of allylic oxidation sites excluding steroid dienone is 1. The zero-order chi connectivity index (χ0) is 23.1. The van der Waals surface area contributed by atoms with Crippen LogP contribution >= 0.6 is 0 Å². The Morgan fingerprint density at radius 1 is 1.19 bits per heavy atom. The van der Waals surface area contributed by atoms with Crippen LogP contribution in [0.3, 0.4) is 0 Å². The van der Waals surface area contributed by atoms with Crippen LogP contribution in [0.15, 0.2) is 11.6 Å². The summed E-state index contributed by atoms with van der Waals surface area (Å²) in [6.45, 7) is 12.8. The molecule has 0 aromatic carbocycles. The molecule has 1 aromatic rings. The molecule has 178 valence electrons. The molecule has 1 aliphatic heterocycles. The predicted molar refractivity (Wildman–Crippen MR) is 128 cm³/mol. The fraction of sp³-hybridized carbons (Fsp3) is 0.720. The second kappa shape index (κ2) is 11.6. The highest BCUT2D eigenvalue weighted by molar-refractivity contribution is 5.94. The lowest BCUT2D eigenvalue weighted by Crippen LogP contribution is -2.39. The first-order chi connectivity index (χ1) is 15.3. The van der Waals surface area contributed by atoms with E-state index in [9.17, 15) is 9.59 Å². The number of nitrogens with zero attached hydrogens (tertiary/aromatic N) is 3. The van der Waals surface area contributed by atoms with Crippen molar-refractivity contribution >= 4 is 11.8 Å². The monoisotopic (exact) mass is 443 g/mol. The van der Waals surface area contributed by atoms with E-state index in [1.54, 1.807) is 0 Å². The normalized spacial score (nSPS) is 20.8. The van der Waals surface area contributed by atoms with Crippen molar-refractivity contribution in [3.8, 4) is 0 Å². The quantitative estimate of drug-likeness (QED) is 0.686. The van der Waals surface area contributed by atoms with E-state index in [2.05, 4.69) is 49.3 Å². The van der Waals surface area contributed by atoms with E-state index in [0.29, 0.717) is 31.0 Å². The third kappa shape index (κ3) is 6.92. The summed E-state index contributed by atoms with van der Waals surface area (Å²) >= 11 is 0. The first-order valence-electron chi connectivity index (χ1n) is 12.3. The van der Waals surface area contributed by atoms with Gasteiger partial charge < -0.3 is 10.6 Å². The molecule has 2 amide bonds. The fourth-order valence-corrected chi connectivity index (χ4v) is 4.52. The van der Waals surface area contributed by atoms with Crippen LogP contribution in [0.5, 0.6) is 0 Å². The molecule has 0 fully saturated rings. The number of hydrogen-bond donors (Lipinski definition) is 2. The molecule has 7 nitrogen and oxygen atoms in total. The third-order valence-electron chi connectivity index (χ3n) is 6.42. The van der Waals surface area contributed by atoms with E-state index in [-0.39, 0.29) is 17.9 Å². The lowest BCUT2D eigenvalue weighted by molar-refractivity contribution is -0.122. The Morgan fingerprint density at radius 2 is 1.97 bits per heavy atom. The lowest BCUT2D eigenvalue weighted by Gasteiger charge is -2.25. The van der Waals surface area contributed by atoms with Crippen LogP contribution in [0.2, 0.25) is 0 Å². The largest absolute Gasteiger partial charge is 0.353 e. The van der Waals surface area contributed by atoms with E-state index in [1.165, 1.54) is 11.3 Å². The summed E-state index contributed by atoms with van der Waals surface area (Å²) in [5.41, 5.74) is 4.06. The second-order valence-electron chi connectivity index (χ2n) is 9.98. The molecule has 1 aliphatic carbocycles. The molecule has 7 heteroatoms. The maximum absolute atomic E-state index is 13.0. The standard InChI is InChI=1S/C25H41N5O2/c1-18(2)10-15-29-13-5-7-23(31)27-20-8-9-22-21(17-20)24(25(32)26-12-6-14-29)28-30(22)16-11-19(3)4/h10,19-20H,5-9,11-17H2,1-4H3,(H,26,32)(H,27,31). The van der Waals surface area contributed by atoms with Crippen molar-refractivity contribution in [2.24, 2.45) is 5.92 Å². The van der Waals surface area contributed by atoms with Gasteiger partial charge in [0.25, 0.3) is 5.91 Å². The molecule has 2 aliphatic rings. The summed E-state index contributed by atoms with van der Waals surface area (Å²) in [5.74, 6) is 0.624. The molecule has 2 bridgehead atoms. The first kappa shape index (κ1) is 24.5. The maximum Gasteiger partial charge on any atom is 0.272 e. The Bertz CT molecular complexity index is 823.